The highest BCUT2D eigenvalue weighted by molar-refractivity contribution is 6.68. The Bertz CT molecular complexity index is 974. The van der Waals surface area contributed by atoms with Crippen LogP contribution in [0.3, 0.4) is 0 Å². The quantitative estimate of drug-likeness (QED) is 0.498. The van der Waals surface area contributed by atoms with Crippen molar-refractivity contribution in [2.24, 2.45) is 10.2 Å². The van der Waals surface area contributed by atoms with Crippen LogP contribution in [-0.2, 0) is 17.6 Å². The molecule has 0 unspecified atom stereocenters. The topological polar surface area (TPSA) is 77.3 Å². The summed E-state index contributed by atoms with van der Waals surface area (Å²) < 4.78 is 0. The van der Waals surface area contributed by atoms with E-state index >= 15 is 0 Å². The fraction of sp³-hybridized carbons (Fsp3) is 0.375. The Kier molecular flexibility index (Phi) is 6.87. The monoisotopic (exact) mass is 406 g/mol. The van der Waals surface area contributed by atoms with E-state index in [4.69, 9.17) is 0 Å². The van der Waals surface area contributed by atoms with Gasteiger partial charge in [0.1, 0.15) is 5.75 Å². The molecule has 0 saturated carbocycles. The van der Waals surface area contributed by atoms with E-state index in [-0.39, 0.29) is 17.4 Å². The second-order valence-electron chi connectivity index (χ2n) is 7.72. The molecule has 0 bridgehead atoms. The number of nitrogens with one attached hydrogen (secondary N) is 1. The van der Waals surface area contributed by atoms with E-state index in [9.17, 15) is 9.90 Å². The van der Waals surface area contributed by atoms with Crippen molar-refractivity contribution in [2.75, 3.05) is 12.0 Å². The summed E-state index contributed by atoms with van der Waals surface area (Å²) in [4.78, 5) is 12.5. The molecule has 3 rings (SSSR count). The van der Waals surface area contributed by atoms with Gasteiger partial charge >= 0.3 is 0 Å². The van der Waals surface area contributed by atoms with Crippen LogP contribution in [-0.4, -0.2) is 34.0 Å². The van der Waals surface area contributed by atoms with Gasteiger partial charge in [-0.05, 0) is 68.4 Å². The molecule has 1 aliphatic rings. The number of anilines is 1. The first-order chi connectivity index (χ1) is 14.4. The number of hydrogen-bond donors (Lipinski definition) is 2. The molecule has 30 heavy (non-hydrogen) atoms. The van der Waals surface area contributed by atoms with Crippen LogP contribution in [0.1, 0.15) is 48.9 Å². The highest BCUT2D eigenvalue weighted by Crippen LogP contribution is 2.29. The number of benzene rings is 2. The lowest BCUT2D eigenvalue weighted by atomic mass is 9.96. The van der Waals surface area contributed by atoms with Gasteiger partial charge in [-0.3, -0.25) is 10.2 Å². The van der Waals surface area contributed by atoms with Gasteiger partial charge in [-0.2, -0.15) is 10.2 Å². The SMILES string of the molecule is CCCCN1N=C(C)/C(=N/Nc2cccc(CCc3c(C)cccc3C)c2O)C1=O. The standard InChI is InChI=1S/C24H30N4O2/c1-5-6-15-28-24(30)22(18(4)27-28)26-25-21-12-8-11-19(23(21)29)13-14-20-16(2)9-7-10-17(20)3/h7-12,25,29H,5-6,13-15H2,1-4H3/b26-22-. The number of phenols is 1. The van der Waals surface area contributed by atoms with Gasteiger partial charge in [0.25, 0.3) is 5.91 Å². The van der Waals surface area contributed by atoms with Gasteiger partial charge in [-0.15, -0.1) is 0 Å². The molecular weight excluding hydrogens is 376 g/mol. The van der Waals surface area contributed by atoms with Crippen molar-refractivity contribution in [2.45, 2.75) is 53.4 Å². The first kappa shape index (κ1) is 21.6. The molecule has 0 radical (unpaired) electrons. The average Bonchev–Trinajstić information content (AvgIpc) is 2.99. The Balaban J connectivity index is 1.72. The van der Waals surface area contributed by atoms with Crippen LogP contribution in [0, 0.1) is 13.8 Å². The Hall–Kier alpha value is -3.15. The maximum Gasteiger partial charge on any atom is 0.296 e. The molecule has 0 aromatic heterocycles. The highest BCUT2D eigenvalue weighted by atomic mass is 16.3. The van der Waals surface area contributed by atoms with E-state index in [0.717, 1.165) is 24.8 Å². The van der Waals surface area contributed by atoms with Crippen LogP contribution in [0.2, 0.25) is 0 Å². The van der Waals surface area contributed by atoms with Gasteiger partial charge in [0.15, 0.2) is 5.71 Å². The minimum atomic E-state index is -0.209. The van der Waals surface area contributed by atoms with Crippen LogP contribution in [0.5, 0.6) is 5.75 Å². The van der Waals surface area contributed by atoms with Gasteiger partial charge in [-0.1, -0.05) is 43.7 Å². The highest BCUT2D eigenvalue weighted by Gasteiger charge is 2.29. The van der Waals surface area contributed by atoms with Crippen molar-refractivity contribution in [3.63, 3.8) is 0 Å². The third kappa shape index (κ3) is 4.70. The van der Waals surface area contributed by atoms with E-state index in [1.165, 1.54) is 21.7 Å². The third-order valence-corrected chi connectivity index (χ3v) is 5.47. The van der Waals surface area contributed by atoms with Gasteiger partial charge in [0.05, 0.1) is 11.4 Å². The fourth-order valence-corrected chi connectivity index (χ4v) is 3.64. The molecule has 0 aliphatic carbocycles. The first-order valence-corrected chi connectivity index (χ1v) is 10.5. The van der Waals surface area contributed by atoms with Crippen molar-refractivity contribution in [1.29, 1.82) is 0 Å². The number of aryl methyl sites for hydroxylation is 3. The van der Waals surface area contributed by atoms with Crippen molar-refractivity contribution in [3.05, 3.63) is 58.7 Å². The number of rotatable bonds is 8. The molecule has 0 atom stereocenters. The van der Waals surface area contributed by atoms with E-state index in [1.54, 1.807) is 13.0 Å². The molecule has 1 amide bonds. The van der Waals surface area contributed by atoms with E-state index in [2.05, 4.69) is 54.6 Å². The predicted octanol–water partition coefficient (Wildman–Crippen LogP) is 4.58. The lowest BCUT2D eigenvalue weighted by molar-refractivity contribution is -0.123. The lowest BCUT2D eigenvalue weighted by Crippen LogP contribution is -2.28. The molecule has 158 valence electrons. The number of phenolic OH excluding ortho intramolecular Hbond substituents is 1. The molecule has 0 fully saturated rings. The first-order valence-electron chi connectivity index (χ1n) is 10.5. The normalized spacial score (nSPS) is 15.1. The zero-order valence-electron chi connectivity index (χ0n) is 18.2. The number of amides is 1. The summed E-state index contributed by atoms with van der Waals surface area (Å²) in [5.41, 5.74) is 8.88. The summed E-state index contributed by atoms with van der Waals surface area (Å²) in [6, 6.07) is 11.8. The van der Waals surface area contributed by atoms with Gasteiger partial charge in [0.2, 0.25) is 0 Å². The van der Waals surface area contributed by atoms with Crippen molar-refractivity contribution in [3.8, 4) is 5.75 Å². The number of para-hydroxylation sites is 1. The fourth-order valence-electron chi connectivity index (χ4n) is 3.64. The number of nitrogens with zero attached hydrogens (tertiary/aromatic N) is 3. The maximum absolute atomic E-state index is 12.5. The molecule has 2 aromatic carbocycles. The molecule has 0 saturated heterocycles. The van der Waals surface area contributed by atoms with Gasteiger partial charge < -0.3 is 5.11 Å². The maximum atomic E-state index is 12.5. The molecule has 6 nitrogen and oxygen atoms in total. The molecule has 1 aliphatic heterocycles. The van der Waals surface area contributed by atoms with Crippen LogP contribution in [0.25, 0.3) is 0 Å². The van der Waals surface area contributed by atoms with Crippen LogP contribution >= 0.6 is 0 Å². The summed E-state index contributed by atoms with van der Waals surface area (Å²) >= 11 is 0. The number of carbonyl (C=O) groups excluding carboxylic acids is 1. The van der Waals surface area contributed by atoms with Crippen molar-refractivity contribution >= 4 is 23.0 Å². The molecule has 0 spiro atoms. The van der Waals surface area contributed by atoms with Crippen LogP contribution < -0.4 is 5.43 Å². The average molecular weight is 407 g/mol. The Morgan fingerprint density at radius 3 is 2.47 bits per heavy atom. The van der Waals surface area contributed by atoms with Crippen LogP contribution in [0.4, 0.5) is 5.69 Å². The third-order valence-electron chi connectivity index (χ3n) is 5.47. The number of aromatic hydroxyl groups is 1. The summed E-state index contributed by atoms with van der Waals surface area (Å²) in [6.07, 6.45) is 3.45. The zero-order chi connectivity index (χ0) is 21.7. The van der Waals surface area contributed by atoms with Crippen LogP contribution in [0.15, 0.2) is 46.6 Å². The Labute approximate surface area is 178 Å². The summed E-state index contributed by atoms with van der Waals surface area (Å²) in [5, 5.41) is 20.7. The Morgan fingerprint density at radius 2 is 1.77 bits per heavy atom. The predicted molar refractivity (Wildman–Crippen MR) is 122 cm³/mol. The molecule has 2 aromatic rings. The number of hydrogen-bond acceptors (Lipinski definition) is 5. The minimum absolute atomic E-state index is 0.163. The lowest BCUT2D eigenvalue weighted by Gasteiger charge is -2.12. The summed E-state index contributed by atoms with van der Waals surface area (Å²) in [7, 11) is 0. The van der Waals surface area contributed by atoms with E-state index in [1.807, 2.05) is 12.1 Å². The minimum Gasteiger partial charge on any atom is -0.505 e. The number of hydrazone groups is 2. The molecular formula is C24H30N4O2. The summed E-state index contributed by atoms with van der Waals surface area (Å²) in [5.74, 6) is -0.0462. The molecule has 6 heteroatoms. The van der Waals surface area contributed by atoms with Gasteiger partial charge in [-0.25, -0.2) is 5.01 Å². The van der Waals surface area contributed by atoms with Gasteiger partial charge in [0, 0.05) is 6.54 Å². The molecule has 2 N–H and O–H groups in total. The number of carbonyl (C=O) groups is 1. The number of unbranched alkanes of at least 4 members (excludes halogenated alkanes) is 1. The largest absolute Gasteiger partial charge is 0.505 e. The van der Waals surface area contributed by atoms with E-state index < -0.39 is 0 Å². The second kappa shape index (κ2) is 9.57. The Morgan fingerprint density at radius 1 is 1.07 bits per heavy atom. The molecule has 1 heterocycles. The summed E-state index contributed by atoms with van der Waals surface area (Å²) in [6.45, 7) is 8.66. The zero-order valence-corrected chi connectivity index (χ0v) is 18.2. The second-order valence-corrected chi connectivity index (χ2v) is 7.72. The smallest absolute Gasteiger partial charge is 0.296 e. The van der Waals surface area contributed by atoms with Crippen molar-refractivity contribution in [1.82, 2.24) is 5.01 Å². The van der Waals surface area contributed by atoms with Crippen molar-refractivity contribution < 1.29 is 9.90 Å². The van der Waals surface area contributed by atoms with E-state index in [0.29, 0.717) is 24.4 Å².